The van der Waals surface area contributed by atoms with Gasteiger partial charge in [-0.2, -0.15) is 18.4 Å². The van der Waals surface area contributed by atoms with Crippen molar-refractivity contribution in [3.05, 3.63) is 82.0 Å². The number of amides is 2. The average Bonchev–Trinajstić information content (AvgIpc) is 2.75. The van der Waals surface area contributed by atoms with Gasteiger partial charge in [0, 0.05) is 18.4 Å². The first-order valence-corrected chi connectivity index (χ1v) is 10.5. The number of rotatable bonds is 3. The molecular weight excluding hydrogens is 461 g/mol. The molecule has 0 radical (unpaired) electrons. The third-order valence-electron chi connectivity index (χ3n) is 5.10. The number of carbonyl (C=O) groups excluding carboxylic acids is 1. The largest absolute Gasteiger partial charge is 0.744 e. The van der Waals surface area contributed by atoms with Crippen LogP contribution in [0.15, 0.2) is 58.8 Å². The highest BCUT2D eigenvalue weighted by Gasteiger charge is 2.40. The molecule has 0 aromatic heterocycles. The second-order valence-corrected chi connectivity index (χ2v) is 8.43. The first-order chi connectivity index (χ1) is 15.3. The molecule has 2 amide bonds. The van der Waals surface area contributed by atoms with Crippen LogP contribution >= 0.6 is 0 Å². The number of alkyl halides is 3. The number of halogens is 3. The molecule has 0 unspecified atom stereocenters. The van der Waals surface area contributed by atoms with Crippen molar-refractivity contribution in [3.8, 4) is 6.07 Å². The summed E-state index contributed by atoms with van der Waals surface area (Å²) in [4.78, 5) is 17.7. The van der Waals surface area contributed by atoms with Crippen LogP contribution in [0, 0.1) is 17.9 Å². The number of benzene rings is 2. The molecule has 0 saturated heterocycles. The molecular formula is C21H14F3N4O4S-. The van der Waals surface area contributed by atoms with Crippen molar-refractivity contribution in [1.82, 2.24) is 4.90 Å². The molecule has 8 nitrogen and oxygen atoms in total. The van der Waals surface area contributed by atoms with Gasteiger partial charge in [0.25, 0.3) is 0 Å². The summed E-state index contributed by atoms with van der Waals surface area (Å²) >= 11 is 0. The zero-order valence-electron chi connectivity index (χ0n) is 17.1. The summed E-state index contributed by atoms with van der Waals surface area (Å²) in [5.41, 5.74) is -1.67. The second-order valence-electron chi connectivity index (χ2n) is 7.08. The minimum Gasteiger partial charge on any atom is -0.744 e. The molecule has 0 bridgehead atoms. The smallest absolute Gasteiger partial charge is 0.416 e. The van der Waals surface area contributed by atoms with Gasteiger partial charge in [0.15, 0.2) is 0 Å². The molecule has 0 N–H and O–H groups in total. The fourth-order valence-corrected chi connectivity index (χ4v) is 4.32. The molecule has 170 valence electrons. The highest BCUT2D eigenvalue weighted by molar-refractivity contribution is 7.85. The lowest BCUT2D eigenvalue weighted by Gasteiger charge is -2.40. The van der Waals surface area contributed by atoms with Crippen LogP contribution in [-0.4, -0.2) is 30.9 Å². The lowest BCUT2D eigenvalue weighted by molar-refractivity contribution is -0.137. The number of nitriles is 1. The van der Waals surface area contributed by atoms with Gasteiger partial charge in [-0.05, 0) is 42.8 Å². The number of hydrogen-bond acceptors (Lipinski definition) is 5. The Hall–Kier alpha value is -3.87. The highest BCUT2D eigenvalue weighted by Crippen LogP contribution is 2.42. The number of anilines is 1. The number of nitrogens with zero attached hydrogens (tertiary/aromatic N) is 4. The predicted octanol–water partition coefficient (Wildman–Crippen LogP) is 4.25. The van der Waals surface area contributed by atoms with Gasteiger partial charge in [-0.15, -0.1) is 0 Å². The number of urea groups is 1. The van der Waals surface area contributed by atoms with Gasteiger partial charge in [0.2, 0.25) is 5.70 Å². The molecule has 2 aromatic carbocycles. The first kappa shape index (κ1) is 23.8. The molecule has 12 heteroatoms. The van der Waals surface area contributed by atoms with Gasteiger partial charge in [-0.1, -0.05) is 12.1 Å². The van der Waals surface area contributed by atoms with Gasteiger partial charge in [-0.25, -0.2) is 18.1 Å². The first-order valence-electron chi connectivity index (χ1n) is 9.13. The summed E-state index contributed by atoms with van der Waals surface area (Å²) in [5, 5.41) is 9.05. The fraction of sp³-hybridized carbons (Fsp3) is 0.190. The van der Waals surface area contributed by atoms with Crippen LogP contribution in [0.4, 0.5) is 23.7 Å². The van der Waals surface area contributed by atoms with E-state index in [0.717, 1.165) is 40.1 Å². The van der Waals surface area contributed by atoms with E-state index in [4.69, 9.17) is 11.8 Å². The molecule has 2 aromatic rings. The Morgan fingerprint density at radius 1 is 1.21 bits per heavy atom. The SMILES string of the molecule is [C-]#[N+]C1=C(C)N(c2cccc(C(F)(F)F)c2)C(=O)N(C)[C@@H]1c1ccc(C#N)cc1S(=O)(=O)[O-]. The Bertz CT molecular complexity index is 1370. The predicted molar refractivity (Wildman–Crippen MR) is 108 cm³/mol. The maximum Gasteiger partial charge on any atom is 0.416 e. The molecule has 0 fully saturated rings. The van der Waals surface area contributed by atoms with E-state index < -0.39 is 38.8 Å². The average molecular weight is 475 g/mol. The van der Waals surface area contributed by atoms with Crippen LogP contribution < -0.4 is 4.90 Å². The summed E-state index contributed by atoms with van der Waals surface area (Å²) in [6.45, 7) is 8.94. The summed E-state index contributed by atoms with van der Waals surface area (Å²) in [6, 6.07) is 6.78. The monoisotopic (exact) mass is 475 g/mol. The van der Waals surface area contributed by atoms with Crippen LogP contribution in [0.3, 0.4) is 0 Å². The molecule has 1 heterocycles. The van der Waals surface area contributed by atoms with E-state index >= 15 is 0 Å². The van der Waals surface area contributed by atoms with E-state index in [1.54, 1.807) is 6.07 Å². The topological polar surface area (TPSA) is 109 Å². The Labute approximate surface area is 187 Å². The van der Waals surface area contributed by atoms with E-state index in [0.29, 0.717) is 0 Å². The third-order valence-corrected chi connectivity index (χ3v) is 6.00. The fourth-order valence-electron chi connectivity index (χ4n) is 3.58. The van der Waals surface area contributed by atoms with Gasteiger partial charge in [-0.3, -0.25) is 4.90 Å². The van der Waals surface area contributed by atoms with Crippen molar-refractivity contribution in [2.24, 2.45) is 0 Å². The lowest BCUT2D eigenvalue weighted by atomic mass is 9.97. The van der Waals surface area contributed by atoms with Crippen molar-refractivity contribution in [2.45, 2.75) is 24.0 Å². The number of hydrogen-bond donors (Lipinski definition) is 0. The highest BCUT2D eigenvalue weighted by atomic mass is 32.2. The van der Waals surface area contributed by atoms with E-state index in [2.05, 4.69) is 4.85 Å². The molecule has 0 spiro atoms. The van der Waals surface area contributed by atoms with Crippen LogP contribution in [0.5, 0.6) is 0 Å². The van der Waals surface area contributed by atoms with E-state index in [1.807, 2.05) is 0 Å². The van der Waals surface area contributed by atoms with Gasteiger partial charge < -0.3 is 9.45 Å². The normalized spacial score (nSPS) is 17.1. The standard InChI is InChI=1S/C21H15F3N4O4S/c1-12-18(26-2)19(16-8-7-13(11-25)9-17(16)33(30,31)32)27(3)20(29)28(12)15-6-4-5-14(10-15)21(22,23)24/h4-10,19H,1,3H3,(H,30,31,32)/p-1/t19-/m1/s1. The molecule has 1 atom stereocenters. The molecule has 0 saturated carbocycles. The maximum atomic E-state index is 13.2. The van der Waals surface area contributed by atoms with Crippen molar-refractivity contribution in [1.29, 1.82) is 5.26 Å². The van der Waals surface area contributed by atoms with Crippen molar-refractivity contribution in [2.75, 3.05) is 11.9 Å². The van der Waals surface area contributed by atoms with Crippen molar-refractivity contribution < 1.29 is 30.9 Å². The van der Waals surface area contributed by atoms with E-state index in [1.165, 1.54) is 26.1 Å². The van der Waals surface area contributed by atoms with Gasteiger partial charge in [0.1, 0.15) is 10.1 Å². The van der Waals surface area contributed by atoms with E-state index in [9.17, 15) is 30.9 Å². The second kappa shape index (κ2) is 8.24. The molecule has 3 rings (SSSR count). The summed E-state index contributed by atoms with van der Waals surface area (Å²) in [5.74, 6) is 0. The van der Waals surface area contributed by atoms with Crippen molar-refractivity contribution in [3.63, 3.8) is 0 Å². The molecule has 1 aliphatic heterocycles. The minimum atomic E-state index is -5.10. The van der Waals surface area contributed by atoms with Gasteiger partial charge in [0.05, 0.1) is 34.7 Å². The molecule has 0 aliphatic carbocycles. The summed E-state index contributed by atoms with van der Waals surface area (Å²) < 4.78 is 75.1. The lowest BCUT2D eigenvalue weighted by Crippen LogP contribution is -2.47. The third kappa shape index (κ3) is 4.26. The van der Waals surface area contributed by atoms with Crippen LogP contribution in [0.1, 0.15) is 29.7 Å². The Morgan fingerprint density at radius 2 is 1.88 bits per heavy atom. The zero-order valence-corrected chi connectivity index (χ0v) is 17.9. The van der Waals surface area contributed by atoms with Crippen LogP contribution in [0.2, 0.25) is 0 Å². The molecule has 33 heavy (non-hydrogen) atoms. The minimum absolute atomic E-state index is 0.0315. The Balaban J connectivity index is 2.25. The maximum absolute atomic E-state index is 13.2. The quantitative estimate of drug-likeness (QED) is 0.487. The molecule has 1 aliphatic rings. The van der Waals surface area contributed by atoms with E-state index in [-0.39, 0.29) is 28.2 Å². The Kier molecular flexibility index (Phi) is 5.94. The van der Waals surface area contributed by atoms with Crippen LogP contribution in [-0.2, 0) is 16.3 Å². The number of carbonyl (C=O) groups is 1. The number of likely N-dealkylation sites (N-methyl/N-ethyl adjacent to an activating group) is 1. The van der Waals surface area contributed by atoms with Crippen LogP contribution in [0.25, 0.3) is 4.85 Å². The summed E-state index contributed by atoms with van der Waals surface area (Å²) in [7, 11) is -3.87. The summed E-state index contributed by atoms with van der Waals surface area (Å²) in [6.07, 6.45) is -4.66. The Morgan fingerprint density at radius 3 is 2.42 bits per heavy atom. The van der Waals surface area contributed by atoms with Gasteiger partial charge >= 0.3 is 12.2 Å². The van der Waals surface area contributed by atoms with Crippen molar-refractivity contribution >= 4 is 21.8 Å². The number of allylic oxidation sites excluding steroid dienone is 1. The zero-order chi connectivity index (χ0) is 24.7.